The lowest BCUT2D eigenvalue weighted by Crippen LogP contribution is -2.28. The van der Waals surface area contributed by atoms with Crippen molar-refractivity contribution in [2.24, 2.45) is 0 Å². The van der Waals surface area contributed by atoms with Crippen molar-refractivity contribution in [3.8, 4) is 0 Å². The van der Waals surface area contributed by atoms with Crippen LogP contribution in [-0.4, -0.2) is 28.8 Å². The molecular weight excluding hydrogens is 188 g/mol. The van der Waals surface area contributed by atoms with E-state index in [1.165, 1.54) is 0 Å². The molecule has 0 spiro atoms. The molecule has 0 aromatic heterocycles. The number of rotatable bonds is 6. The molecule has 0 heterocycles. The summed E-state index contributed by atoms with van der Waals surface area (Å²) >= 11 is 6.01. The van der Waals surface area contributed by atoms with Crippen LogP contribution < -0.4 is 0 Å². The second-order valence-electron chi connectivity index (χ2n) is 4.55. The lowest BCUT2D eigenvalue weighted by atomic mass is 10.1. The van der Waals surface area contributed by atoms with Gasteiger partial charge in [0.1, 0.15) is 0 Å². The van der Waals surface area contributed by atoms with Gasteiger partial charge in [0.05, 0.1) is 5.60 Å². The van der Waals surface area contributed by atoms with Crippen molar-refractivity contribution in [1.82, 2.24) is 0 Å². The number of aliphatic hydroxyl groups excluding tert-OH is 1. The van der Waals surface area contributed by atoms with Crippen LogP contribution in [0.5, 0.6) is 0 Å². The van der Waals surface area contributed by atoms with Gasteiger partial charge in [-0.3, -0.25) is 0 Å². The quantitative estimate of drug-likeness (QED) is 0.680. The van der Waals surface area contributed by atoms with Crippen molar-refractivity contribution in [3.63, 3.8) is 0 Å². The first-order valence-corrected chi connectivity index (χ1v) is 5.08. The molecule has 0 saturated heterocycles. The Bertz CT molecular complexity index is 138. The van der Waals surface area contributed by atoms with Gasteiger partial charge in [-0.2, -0.15) is 0 Å². The minimum Gasteiger partial charge on any atom is -0.396 e. The molecule has 0 atom stereocenters. The van der Waals surface area contributed by atoms with Crippen LogP contribution >= 0.6 is 11.6 Å². The number of alkyl halides is 1. The highest BCUT2D eigenvalue weighted by Gasteiger charge is 2.19. The monoisotopic (exact) mass is 208 g/mol. The molecule has 0 bridgehead atoms. The first kappa shape index (κ1) is 13.2. The molecule has 0 aromatic carbocycles. The molecule has 3 heteroatoms. The Hall–Kier alpha value is 0.210. The van der Waals surface area contributed by atoms with E-state index in [4.69, 9.17) is 21.4 Å². The summed E-state index contributed by atoms with van der Waals surface area (Å²) in [7, 11) is 0. The van der Waals surface area contributed by atoms with Crippen LogP contribution in [0.3, 0.4) is 0 Å². The summed E-state index contributed by atoms with van der Waals surface area (Å²) in [5.41, 5.74) is -0.239. The third-order valence-corrected chi connectivity index (χ3v) is 2.09. The van der Waals surface area contributed by atoms with E-state index in [0.29, 0.717) is 13.0 Å². The normalized spacial score (nSPS) is 13.4. The predicted molar refractivity (Wildman–Crippen MR) is 56.3 cm³/mol. The van der Waals surface area contributed by atoms with E-state index >= 15 is 0 Å². The van der Waals surface area contributed by atoms with E-state index < -0.39 is 0 Å². The van der Waals surface area contributed by atoms with E-state index in [-0.39, 0.29) is 17.1 Å². The minimum absolute atomic E-state index is 0.164. The van der Waals surface area contributed by atoms with Crippen molar-refractivity contribution in [1.29, 1.82) is 0 Å². The first-order chi connectivity index (χ1) is 5.77. The summed E-state index contributed by atoms with van der Waals surface area (Å²) in [6, 6.07) is 0. The molecule has 0 aromatic rings. The fourth-order valence-corrected chi connectivity index (χ4v) is 0.989. The van der Waals surface area contributed by atoms with Crippen LogP contribution in [0.15, 0.2) is 0 Å². The Morgan fingerprint density at radius 3 is 2.08 bits per heavy atom. The van der Waals surface area contributed by atoms with Crippen molar-refractivity contribution >= 4 is 11.6 Å². The highest BCUT2D eigenvalue weighted by Crippen LogP contribution is 2.20. The Morgan fingerprint density at radius 2 is 1.69 bits per heavy atom. The van der Waals surface area contributed by atoms with Crippen LogP contribution in [0, 0.1) is 0 Å². The van der Waals surface area contributed by atoms with Crippen LogP contribution in [0.4, 0.5) is 0 Å². The second-order valence-corrected chi connectivity index (χ2v) is 5.57. The Morgan fingerprint density at radius 1 is 1.15 bits per heavy atom. The van der Waals surface area contributed by atoms with Gasteiger partial charge >= 0.3 is 0 Å². The summed E-state index contributed by atoms with van der Waals surface area (Å²) in [5.74, 6) is 0. The van der Waals surface area contributed by atoms with Crippen LogP contribution in [0.1, 0.15) is 40.5 Å². The van der Waals surface area contributed by atoms with Gasteiger partial charge in [0.2, 0.25) is 0 Å². The molecule has 0 rings (SSSR count). The molecule has 80 valence electrons. The molecule has 1 N–H and O–H groups in total. The van der Waals surface area contributed by atoms with Crippen molar-refractivity contribution in [3.05, 3.63) is 0 Å². The molecule has 0 aliphatic rings. The highest BCUT2D eigenvalue weighted by molar-refractivity contribution is 6.23. The zero-order chi connectivity index (χ0) is 10.5. The second kappa shape index (κ2) is 5.18. The molecule has 0 amide bonds. The predicted octanol–water partition coefficient (Wildman–Crippen LogP) is 2.57. The largest absolute Gasteiger partial charge is 0.396 e. The lowest BCUT2D eigenvalue weighted by Gasteiger charge is -2.26. The zero-order valence-corrected chi connectivity index (χ0v) is 9.82. The fourth-order valence-electron chi connectivity index (χ4n) is 0.911. The summed E-state index contributed by atoms with van der Waals surface area (Å²) in [5, 5.41) is 8.76. The summed E-state index contributed by atoms with van der Waals surface area (Å²) in [6.45, 7) is 8.70. The molecule has 0 aliphatic heterocycles. The molecule has 0 radical (unpaired) electrons. The van der Waals surface area contributed by atoms with Gasteiger partial charge in [0.25, 0.3) is 0 Å². The van der Waals surface area contributed by atoms with Gasteiger partial charge < -0.3 is 9.84 Å². The van der Waals surface area contributed by atoms with E-state index in [9.17, 15) is 0 Å². The van der Waals surface area contributed by atoms with Gasteiger partial charge in [0.15, 0.2) is 0 Å². The first-order valence-electron chi connectivity index (χ1n) is 4.71. The third kappa shape index (κ3) is 8.54. The van der Waals surface area contributed by atoms with Crippen molar-refractivity contribution < 1.29 is 9.84 Å². The van der Waals surface area contributed by atoms with Crippen molar-refractivity contribution in [2.75, 3.05) is 13.2 Å². The molecular formula is C10H21ClO2. The van der Waals surface area contributed by atoms with E-state index in [1.807, 2.05) is 27.7 Å². The SMILES string of the molecule is CC(C)(Cl)CCOC(C)(C)CCO. The molecule has 0 aliphatic carbocycles. The van der Waals surface area contributed by atoms with Gasteiger partial charge in [-0.05, 0) is 40.5 Å². The van der Waals surface area contributed by atoms with Crippen LogP contribution in [-0.2, 0) is 4.74 Å². The minimum atomic E-state index is -0.239. The van der Waals surface area contributed by atoms with Crippen LogP contribution in [0.25, 0.3) is 0 Å². The topological polar surface area (TPSA) is 29.5 Å². The molecule has 0 fully saturated rings. The van der Waals surface area contributed by atoms with Gasteiger partial charge in [-0.15, -0.1) is 11.6 Å². The van der Waals surface area contributed by atoms with Crippen molar-refractivity contribution in [2.45, 2.75) is 51.0 Å². The standard InChI is InChI=1S/C10H21ClO2/c1-9(2,11)6-8-13-10(3,4)5-7-12/h12H,5-8H2,1-4H3. The number of halogens is 1. The molecule has 0 unspecified atom stereocenters. The number of ether oxygens (including phenoxy) is 1. The Balaban J connectivity index is 3.63. The molecule has 13 heavy (non-hydrogen) atoms. The number of hydrogen-bond acceptors (Lipinski definition) is 2. The van der Waals surface area contributed by atoms with E-state index in [1.54, 1.807) is 0 Å². The Labute approximate surface area is 86.2 Å². The number of aliphatic hydroxyl groups is 1. The summed E-state index contributed by atoms with van der Waals surface area (Å²) < 4.78 is 5.60. The summed E-state index contributed by atoms with van der Waals surface area (Å²) in [4.78, 5) is -0.199. The maximum absolute atomic E-state index is 8.76. The van der Waals surface area contributed by atoms with Gasteiger partial charge in [0, 0.05) is 18.1 Å². The van der Waals surface area contributed by atoms with Gasteiger partial charge in [-0.25, -0.2) is 0 Å². The lowest BCUT2D eigenvalue weighted by molar-refractivity contribution is -0.0354. The maximum Gasteiger partial charge on any atom is 0.0648 e. The average Bonchev–Trinajstić information content (AvgIpc) is 1.82. The highest BCUT2D eigenvalue weighted by atomic mass is 35.5. The van der Waals surface area contributed by atoms with Crippen LogP contribution in [0.2, 0.25) is 0 Å². The summed E-state index contributed by atoms with van der Waals surface area (Å²) in [6.07, 6.45) is 1.49. The smallest absolute Gasteiger partial charge is 0.0648 e. The van der Waals surface area contributed by atoms with Gasteiger partial charge in [-0.1, -0.05) is 0 Å². The van der Waals surface area contributed by atoms with E-state index in [0.717, 1.165) is 6.42 Å². The fraction of sp³-hybridized carbons (Fsp3) is 1.00. The number of hydrogen-bond donors (Lipinski definition) is 1. The zero-order valence-electron chi connectivity index (χ0n) is 9.06. The Kier molecular flexibility index (Phi) is 5.26. The third-order valence-electron chi connectivity index (χ3n) is 1.90. The molecule has 2 nitrogen and oxygen atoms in total. The average molecular weight is 209 g/mol. The maximum atomic E-state index is 8.76. The van der Waals surface area contributed by atoms with E-state index in [2.05, 4.69) is 0 Å². The molecule has 0 saturated carbocycles.